The SMILES string of the molecule is CC(C)(C)C1CCc2sc(C(=O)Nc3ccn(CCc4ccncc4)n3)cc2C1. The number of hydrogen-bond donors (Lipinski definition) is 1. The van der Waals surface area contributed by atoms with Gasteiger partial charge in [0, 0.05) is 36.1 Å². The van der Waals surface area contributed by atoms with E-state index in [-0.39, 0.29) is 5.91 Å². The number of carbonyl (C=O) groups excluding carboxylic acids is 1. The van der Waals surface area contributed by atoms with Crippen molar-refractivity contribution in [1.29, 1.82) is 0 Å². The molecule has 0 fully saturated rings. The molecule has 0 aromatic carbocycles. The summed E-state index contributed by atoms with van der Waals surface area (Å²) in [7, 11) is 0. The highest BCUT2D eigenvalue weighted by Gasteiger charge is 2.30. The molecule has 1 aliphatic rings. The van der Waals surface area contributed by atoms with E-state index in [1.807, 2.05) is 29.1 Å². The highest BCUT2D eigenvalue weighted by Crippen LogP contribution is 2.40. The van der Waals surface area contributed by atoms with Gasteiger partial charge < -0.3 is 5.32 Å². The van der Waals surface area contributed by atoms with E-state index in [1.165, 1.54) is 22.4 Å². The average Bonchev–Trinajstić information content (AvgIpc) is 3.32. The fourth-order valence-corrected chi connectivity index (χ4v) is 5.00. The molecule has 0 radical (unpaired) electrons. The second-order valence-corrected chi connectivity index (χ2v) is 10.0. The Morgan fingerprint density at radius 1 is 1.28 bits per heavy atom. The minimum Gasteiger partial charge on any atom is -0.304 e. The Labute approximate surface area is 176 Å². The minimum absolute atomic E-state index is 0.0592. The first-order chi connectivity index (χ1) is 13.9. The maximum absolute atomic E-state index is 12.7. The van der Waals surface area contributed by atoms with Gasteiger partial charge in [-0.3, -0.25) is 14.5 Å². The first kappa shape index (κ1) is 19.8. The fraction of sp³-hybridized carbons (Fsp3) is 0.435. The van der Waals surface area contributed by atoms with Gasteiger partial charge in [0.25, 0.3) is 5.91 Å². The van der Waals surface area contributed by atoms with Gasteiger partial charge in [-0.15, -0.1) is 11.3 Å². The summed E-state index contributed by atoms with van der Waals surface area (Å²) in [4.78, 5) is 18.9. The van der Waals surface area contributed by atoms with Gasteiger partial charge in [-0.05, 0) is 66.3 Å². The molecule has 1 aliphatic carbocycles. The predicted octanol–water partition coefficient (Wildman–Crippen LogP) is 4.99. The number of rotatable bonds is 5. The summed E-state index contributed by atoms with van der Waals surface area (Å²) in [5, 5.41) is 7.45. The van der Waals surface area contributed by atoms with Gasteiger partial charge in [0.05, 0.1) is 4.88 Å². The maximum Gasteiger partial charge on any atom is 0.266 e. The average molecular weight is 409 g/mol. The van der Waals surface area contributed by atoms with Gasteiger partial charge in [0.15, 0.2) is 5.82 Å². The van der Waals surface area contributed by atoms with Crippen LogP contribution in [-0.2, 0) is 25.8 Å². The van der Waals surface area contributed by atoms with E-state index in [4.69, 9.17) is 0 Å². The van der Waals surface area contributed by atoms with Crippen LogP contribution >= 0.6 is 11.3 Å². The third kappa shape index (κ3) is 4.75. The fourth-order valence-electron chi connectivity index (χ4n) is 3.90. The maximum atomic E-state index is 12.7. The Balaban J connectivity index is 1.37. The van der Waals surface area contributed by atoms with Gasteiger partial charge in [-0.2, -0.15) is 5.10 Å². The molecule has 0 saturated carbocycles. The standard InChI is InChI=1S/C23H28N4OS/c1-23(2,3)18-4-5-19-17(14-18)15-20(29-19)22(28)25-21-9-13-27(26-21)12-8-16-6-10-24-11-7-16/h6-7,9-11,13,15,18H,4-5,8,12,14H2,1-3H3,(H,25,26,28). The summed E-state index contributed by atoms with van der Waals surface area (Å²) in [5.41, 5.74) is 2.89. The topological polar surface area (TPSA) is 59.8 Å². The third-order valence-electron chi connectivity index (χ3n) is 5.79. The molecule has 0 aliphatic heterocycles. The molecular formula is C23H28N4OS. The number of aryl methyl sites for hydroxylation is 3. The Hall–Kier alpha value is -2.47. The second kappa shape index (κ2) is 8.11. The van der Waals surface area contributed by atoms with Crippen LogP contribution < -0.4 is 5.32 Å². The van der Waals surface area contributed by atoms with E-state index in [9.17, 15) is 4.79 Å². The quantitative estimate of drug-likeness (QED) is 0.647. The number of anilines is 1. The van der Waals surface area contributed by atoms with E-state index in [0.29, 0.717) is 17.2 Å². The molecule has 5 nitrogen and oxygen atoms in total. The van der Waals surface area contributed by atoms with Crippen molar-refractivity contribution in [2.75, 3.05) is 5.32 Å². The summed E-state index contributed by atoms with van der Waals surface area (Å²) >= 11 is 1.64. The van der Waals surface area contributed by atoms with E-state index in [0.717, 1.165) is 30.7 Å². The molecule has 0 saturated heterocycles. The Morgan fingerprint density at radius 3 is 2.83 bits per heavy atom. The zero-order chi connectivity index (χ0) is 20.4. The van der Waals surface area contributed by atoms with Crippen molar-refractivity contribution in [2.24, 2.45) is 11.3 Å². The van der Waals surface area contributed by atoms with Crippen molar-refractivity contribution in [2.45, 2.75) is 53.0 Å². The summed E-state index contributed by atoms with van der Waals surface area (Å²) in [6, 6.07) is 7.96. The predicted molar refractivity (Wildman–Crippen MR) is 117 cm³/mol. The van der Waals surface area contributed by atoms with Crippen molar-refractivity contribution < 1.29 is 4.79 Å². The van der Waals surface area contributed by atoms with Gasteiger partial charge in [0.2, 0.25) is 0 Å². The number of nitrogens with zero attached hydrogens (tertiary/aromatic N) is 3. The summed E-state index contributed by atoms with van der Waals surface area (Å²) < 4.78 is 1.86. The van der Waals surface area contributed by atoms with Gasteiger partial charge in [-0.25, -0.2) is 0 Å². The first-order valence-electron chi connectivity index (χ1n) is 10.2. The number of amides is 1. The van der Waals surface area contributed by atoms with Crippen molar-refractivity contribution in [3.63, 3.8) is 0 Å². The van der Waals surface area contributed by atoms with Crippen LogP contribution in [0.3, 0.4) is 0 Å². The number of aromatic nitrogens is 3. The molecule has 6 heteroatoms. The number of pyridine rings is 1. The molecule has 152 valence electrons. The Kier molecular flexibility index (Phi) is 5.54. The molecule has 3 heterocycles. The summed E-state index contributed by atoms with van der Waals surface area (Å²) in [6.45, 7) is 7.70. The van der Waals surface area contributed by atoms with Crippen molar-refractivity contribution >= 4 is 23.1 Å². The summed E-state index contributed by atoms with van der Waals surface area (Å²) in [6.07, 6.45) is 9.75. The zero-order valence-corrected chi connectivity index (χ0v) is 18.1. The van der Waals surface area contributed by atoms with Crippen LogP contribution in [0.4, 0.5) is 5.82 Å². The van der Waals surface area contributed by atoms with Gasteiger partial charge >= 0.3 is 0 Å². The highest BCUT2D eigenvalue weighted by molar-refractivity contribution is 7.14. The lowest BCUT2D eigenvalue weighted by Gasteiger charge is -2.33. The molecule has 1 atom stereocenters. The molecule has 1 N–H and O–H groups in total. The van der Waals surface area contributed by atoms with Crippen molar-refractivity contribution in [1.82, 2.24) is 14.8 Å². The molecule has 0 spiro atoms. The van der Waals surface area contributed by atoms with E-state index in [1.54, 1.807) is 23.7 Å². The lowest BCUT2D eigenvalue weighted by molar-refractivity contribution is 0.103. The molecule has 3 aromatic rings. The van der Waals surface area contributed by atoms with Crippen molar-refractivity contribution in [3.8, 4) is 0 Å². The number of thiophene rings is 1. The number of carbonyl (C=O) groups is 1. The molecule has 1 unspecified atom stereocenters. The van der Waals surface area contributed by atoms with Crippen molar-refractivity contribution in [3.05, 3.63) is 63.7 Å². The lowest BCUT2D eigenvalue weighted by atomic mass is 9.72. The monoisotopic (exact) mass is 408 g/mol. The summed E-state index contributed by atoms with van der Waals surface area (Å²) in [5.74, 6) is 1.22. The van der Waals surface area contributed by atoms with Gasteiger partial charge in [-0.1, -0.05) is 20.8 Å². The van der Waals surface area contributed by atoms with Crippen LogP contribution in [0, 0.1) is 11.3 Å². The van der Waals surface area contributed by atoms with Crippen LogP contribution in [0.5, 0.6) is 0 Å². The molecule has 4 rings (SSSR count). The first-order valence-corrected chi connectivity index (χ1v) is 11.1. The smallest absolute Gasteiger partial charge is 0.266 e. The van der Waals surface area contributed by atoms with Crippen LogP contribution in [0.2, 0.25) is 0 Å². The van der Waals surface area contributed by atoms with Crippen LogP contribution in [0.1, 0.15) is 52.9 Å². The van der Waals surface area contributed by atoms with Crippen LogP contribution in [-0.4, -0.2) is 20.7 Å². The third-order valence-corrected chi connectivity index (χ3v) is 7.03. The molecular weight excluding hydrogens is 380 g/mol. The largest absolute Gasteiger partial charge is 0.304 e. The normalized spacial score (nSPS) is 16.4. The highest BCUT2D eigenvalue weighted by atomic mass is 32.1. The Morgan fingerprint density at radius 2 is 2.07 bits per heavy atom. The molecule has 0 bridgehead atoms. The van der Waals surface area contributed by atoms with Crippen LogP contribution in [0.15, 0.2) is 42.9 Å². The molecule has 1 amide bonds. The van der Waals surface area contributed by atoms with E-state index < -0.39 is 0 Å². The van der Waals surface area contributed by atoms with Crippen LogP contribution in [0.25, 0.3) is 0 Å². The number of hydrogen-bond acceptors (Lipinski definition) is 4. The number of nitrogens with one attached hydrogen (secondary N) is 1. The van der Waals surface area contributed by atoms with E-state index >= 15 is 0 Å². The minimum atomic E-state index is -0.0592. The van der Waals surface area contributed by atoms with E-state index in [2.05, 4.69) is 42.2 Å². The Bertz CT molecular complexity index is 984. The number of fused-ring (bicyclic) bond motifs is 1. The zero-order valence-electron chi connectivity index (χ0n) is 17.3. The lowest BCUT2D eigenvalue weighted by Crippen LogP contribution is -2.26. The molecule has 3 aromatic heterocycles. The van der Waals surface area contributed by atoms with Gasteiger partial charge in [0.1, 0.15) is 0 Å². The second-order valence-electron chi connectivity index (χ2n) is 8.89. The molecule has 29 heavy (non-hydrogen) atoms.